The smallest absolute Gasteiger partial charge is 0.291 e. The average Bonchev–Trinajstić information content (AvgIpc) is 2.03. The first-order valence-corrected chi connectivity index (χ1v) is 3.26. The van der Waals surface area contributed by atoms with Gasteiger partial charge in [-0.05, 0) is 6.07 Å². The third-order valence-corrected chi connectivity index (χ3v) is 1.08. The molecule has 0 unspecified atom stereocenters. The standard InChI is InChI=1S/C6H6N2O2.HNO3/c7-5-2-1-3-6(4-5)8(9)10;2-1(3)4/h1-4H,7H2;(H,2,3,4). The van der Waals surface area contributed by atoms with Gasteiger partial charge in [0.2, 0.25) is 0 Å². The summed E-state index contributed by atoms with van der Waals surface area (Å²) in [5.74, 6) is 0. The molecule has 1 aromatic carbocycles. The number of benzene rings is 1. The summed E-state index contributed by atoms with van der Waals surface area (Å²) in [7, 11) is 0. The Morgan fingerprint density at radius 2 is 1.79 bits per heavy atom. The minimum atomic E-state index is -1.50. The minimum absolute atomic E-state index is 0.0278. The highest BCUT2D eigenvalue weighted by atomic mass is 16.9. The van der Waals surface area contributed by atoms with Gasteiger partial charge in [-0.3, -0.25) is 10.1 Å². The quantitative estimate of drug-likeness (QED) is 0.392. The van der Waals surface area contributed by atoms with Gasteiger partial charge in [0, 0.05) is 17.8 Å². The Morgan fingerprint density at radius 3 is 2.07 bits per heavy atom. The molecule has 14 heavy (non-hydrogen) atoms. The van der Waals surface area contributed by atoms with Gasteiger partial charge in [-0.2, -0.15) is 0 Å². The summed E-state index contributed by atoms with van der Waals surface area (Å²) in [5, 5.41) is 23.7. The number of nitrogen functional groups attached to an aromatic ring is 1. The molecule has 3 N–H and O–H groups in total. The number of nitro benzene ring substituents is 1. The molecule has 0 saturated carbocycles. The highest BCUT2D eigenvalue weighted by Crippen LogP contribution is 2.13. The number of nitro groups is 1. The van der Waals surface area contributed by atoms with Gasteiger partial charge in [-0.25, -0.2) is 0 Å². The first-order valence-electron chi connectivity index (χ1n) is 3.26. The molecule has 8 nitrogen and oxygen atoms in total. The minimum Gasteiger partial charge on any atom is -0.399 e. The van der Waals surface area contributed by atoms with Crippen molar-refractivity contribution in [2.24, 2.45) is 0 Å². The maximum Gasteiger partial charge on any atom is 0.291 e. The van der Waals surface area contributed by atoms with Gasteiger partial charge in [0.15, 0.2) is 0 Å². The van der Waals surface area contributed by atoms with E-state index in [1.807, 2.05) is 0 Å². The maximum absolute atomic E-state index is 10.1. The molecule has 0 spiro atoms. The Balaban J connectivity index is 0.000000364. The Hall–Kier alpha value is -2.38. The average molecular weight is 201 g/mol. The zero-order valence-corrected chi connectivity index (χ0v) is 6.86. The van der Waals surface area contributed by atoms with Crippen LogP contribution >= 0.6 is 0 Å². The zero-order valence-electron chi connectivity index (χ0n) is 6.86. The number of nitrogens with zero attached hydrogens (tertiary/aromatic N) is 2. The van der Waals surface area contributed by atoms with Crippen LogP contribution in [0.25, 0.3) is 0 Å². The van der Waals surface area contributed by atoms with E-state index in [0.29, 0.717) is 5.69 Å². The first-order chi connectivity index (χ1) is 6.43. The molecule has 0 bridgehead atoms. The van der Waals surface area contributed by atoms with Crippen molar-refractivity contribution >= 4 is 11.4 Å². The lowest BCUT2D eigenvalue weighted by atomic mass is 10.3. The predicted octanol–water partition coefficient (Wildman–Crippen LogP) is 0.829. The fourth-order valence-corrected chi connectivity index (χ4v) is 0.638. The molecule has 0 radical (unpaired) electrons. The Bertz CT molecular complexity index is 336. The van der Waals surface area contributed by atoms with Gasteiger partial charge in [-0.1, -0.05) is 6.07 Å². The van der Waals surface area contributed by atoms with Crippen LogP contribution in [0.3, 0.4) is 0 Å². The summed E-state index contributed by atoms with van der Waals surface area (Å²) in [6.07, 6.45) is 0. The topological polar surface area (TPSA) is 133 Å². The molecule has 0 aliphatic rings. The second-order valence-electron chi connectivity index (χ2n) is 2.09. The van der Waals surface area contributed by atoms with Crippen LogP contribution in [0.2, 0.25) is 0 Å². The fraction of sp³-hybridized carbons (Fsp3) is 0. The molecule has 0 aliphatic heterocycles. The second kappa shape index (κ2) is 5.30. The number of hydrogen-bond donors (Lipinski definition) is 2. The number of non-ortho nitro benzene ring substituents is 1. The molecule has 1 aromatic rings. The summed E-state index contributed by atoms with van der Waals surface area (Å²) < 4.78 is 0. The van der Waals surface area contributed by atoms with Crippen LogP contribution in [0, 0.1) is 20.2 Å². The van der Waals surface area contributed by atoms with E-state index in [0.717, 1.165) is 0 Å². The molecule has 1 rings (SSSR count). The van der Waals surface area contributed by atoms with Crippen molar-refractivity contribution in [2.75, 3.05) is 5.73 Å². The Labute approximate surface area is 77.8 Å². The lowest BCUT2D eigenvalue weighted by Gasteiger charge is -1.90. The zero-order chi connectivity index (χ0) is 11.1. The SMILES string of the molecule is Nc1cccc([N+](=O)[O-])c1.O=[N+]([O-])O. The van der Waals surface area contributed by atoms with E-state index in [9.17, 15) is 10.1 Å². The normalized spacial score (nSPS) is 8.29. The van der Waals surface area contributed by atoms with Crippen LogP contribution in [0.5, 0.6) is 0 Å². The van der Waals surface area contributed by atoms with E-state index < -0.39 is 10.0 Å². The molecule has 8 heteroatoms. The van der Waals surface area contributed by atoms with Gasteiger partial charge in [0.05, 0.1) is 4.92 Å². The van der Waals surface area contributed by atoms with Crippen molar-refractivity contribution in [1.82, 2.24) is 0 Å². The molecule has 0 fully saturated rings. The lowest BCUT2D eigenvalue weighted by molar-refractivity contribution is -0.742. The highest BCUT2D eigenvalue weighted by Gasteiger charge is 2.02. The molecule has 76 valence electrons. The van der Waals surface area contributed by atoms with E-state index in [1.165, 1.54) is 12.1 Å². The van der Waals surface area contributed by atoms with E-state index in [4.69, 9.17) is 21.1 Å². The van der Waals surface area contributed by atoms with Crippen LogP contribution in [-0.4, -0.2) is 15.2 Å². The molecular weight excluding hydrogens is 194 g/mol. The van der Waals surface area contributed by atoms with Gasteiger partial charge >= 0.3 is 0 Å². The van der Waals surface area contributed by atoms with Crippen molar-refractivity contribution in [3.8, 4) is 0 Å². The molecule has 0 atom stereocenters. The summed E-state index contributed by atoms with van der Waals surface area (Å²) in [5.41, 5.74) is 5.73. The van der Waals surface area contributed by atoms with Crippen LogP contribution in [0.4, 0.5) is 11.4 Å². The van der Waals surface area contributed by atoms with E-state index >= 15 is 0 Å². The molecule has 0 amide bonds. The number of rotatable bonds is 1. The Kier molecular flexibility index (Phi) is 4.40. The third-order valence-electron chi connectivity index (χ3n) is 1.08. The fourth-order valence-electron chi connectivity index (χ4n) is 0.638. The van der Waals surface area contributed by atoms with Crippen molar-refractivity contribution in [3.63, 3.8) is 0 Å². The predicted molar refractivity (Wildman–Crippen MR) is 46.3 cm³/mol. The number of hydrogen-bond acceptors (Lipinski definition) is 5. The Morgan fingerprint density at radius 1 is 1.29 bits per heavy atom. The van der Waals surface area contributed by atoms with Gasteiger partial charge in [-0.15, -0.1) is 10.1 Å². The van der Waals surface area contributed by atoms with Gasteiger partial charge in [0.1, 0.15) is 0 Å². The van der Waals surface area contributed by atoms with Crippen LogP contribution in [0.1, 0.15) is 0 Å². The van der Waals surface area contributed by atoms with Crippen LogP contribution in [-0.2, 0) is 0 Å². The lowest BCUT2D eigenvalue weighted by Crippen LogP contribution is -1.89. The third kappa shape index (κ3) is 5.29. The second-order valence-corrected chi connectivity index (χ2v) is 2.09. The first kappa shape index (κ1) is 11.6. The van der Waals surface area contributed by atoms with E-state index in [1.54, 1.807) is 12.1 Å². The highest BCUT2D eigenvalue weighted by molar-refractivity contribution is 5.46. The summed E-state index contributed by atoms with van der Waals surface area (Å²) >= 11 is 0. The number of anilines is 1. The van der Waals surface area contributed by atoms with Crippen molar-refractivity contribution in [1.29, 1.82) is 0 Å². The van der Waals surface area contributed by atoms with Crippen molar-refractivity contribution < 1.29 is 15.2 Å². The van der Waals surface area contributed by atoms with Gasteiger partial charge in [0.25, 0.3) is 10.8 Å². The largest absolute Gasteiger partial charge is 0.399 e. The summed E-state index contributed by atoms with van der Waals surface area (Å²) in [6, 6.07) is 5.87. The molecule has 0 aromatic heterocycles. The van der Waals surface area contributed by atoms with Crippen LogP contribution in [0.15, 0.2) is 24.3 Å². The van der Waals surface area contributed by atoms with E-state index in [-0.39, 0.29) is 5.69 Å². The number of nitrogens with two attached hydrogens (primary N) is 1. The monoisotopic (exact) mass is 201 g/mol. The molecule has 0 aliphatic carbocycles. The molecular formula is C6H7N3O5. The summed E-state index contributed by atoms with van der Waals surface area (Å²) in [6.45, 7) is 0. The summed E-state index contributed by atoms with van der Waals surface area (Å²) in [4.78, 5) is 18.0. The molecule has 0 heterocycles. The maximum atomic E-state index is 10.1. The van der Waals surface area contributed by atoms with Crippen molar-refractivity contribution in [3.05, 3.63) is 44.5 Å². The van der Waals surface area contributed by atoms with Gasteiger partial charge < -0.3 is 10.9 Å². The van der Waals surface area contributed by atoms with Crippen molar-refractivity contribution in [2.45, 2.75) is 0 Å². The van der Waals surface area contributed by atoms with E-state index in [2.05, 4.69) is 0 Å². The molecule has 0 saturated heterocycles. The van der Waals surface area contributed by atoms with Crippen LogP contribution < -0.4 is 5.73 Å².